The Kier molecular flexibility index (Phi) is 8.28. The average molecular weight is 363 g/mol. The summed E-state index contributed by atoms with van der Waals surface area (Å²) in [6.07, 6.45) is 0.896. The minimum atomic E-state index is -0.838. The van der Waals surface area contributed by atoms with Gasteiger partial charge in [0.1, 0.15) is 6.04 Å². The van der Waals surface area contributed by atoms with Crippen molar-refractivity contribution < 1.29 is 14.7 Å². The molecular weight excluding hydrogens is 328 g/mol. The molecule has 1 aromatic carbocycles. The van der Waals surface area contributed by atoms with Crippen LogP contribution in [0.3, 0.4) is 0 Å². The number of aliphatic carboxylic acids is 1. The Hall–Kier alpha value is -1.88. The molecule has 1 amide bonds. The van der Waals surface area contributed by atoms with Crippen molar-refractivity contribution in [1.82, 2.24) is 10.2 Å². The molecule has 1 aromatic rings. The highest BCUT2D eigenvalue weighted by Crippen LogP contribution is 2.23. The Morgan fingerprint density at radius 3 is 2.19 bits per heavy atom. The summed E-state index contributed by atoms with van der Waals surface area (Å²) >= 11 is 0. The van der Waals surface area contributed by atoms with Gasteiger partial charge in [-0.2, -0.15) is 0 Å². The Morgan fingerprint density at radius 2 is 1.73 bits per heavy atom. The van der Waals surface area contributed by atoms with Gasteiger partial charge in [0, 0.05) is 26.6 Å². The molecule has 0 aliphatic heterocycles. The van der Waals surface area contributed by atoms with Crippen LogP contribution in [0, 0.1) is 5.92 Å². The Balaban J connectivity index is 2.68. The number of nitrogens with zero attached hydrogens (tertiary/aromatic N) is 1. The summed E-state index contributed by atoms with van der Waals surface area (Å²) in [6.45, 7) is 13.6. The first-order valence-electron chi connectivity index (χ1n) is 9.31. The quantitative estimate of drug-likeness (QED) is 0.708. The second-order valence-electron chi connectivity index (χ2n) is 8.25. The lowest BCUT2D eigenvalue weighted by Gasteiger charge is -2.29. The van der Waals surface area contributed by atoms with Gasteiger partial charge in [0.05, 0.1) is 0 Å². The first-order chi connectivity index (χ1) is 12.0. The molecule has 0 aliphatic rings. The van der Waals surface area contributed by atoms with E-state index in [0.29, 0.717) is 25.6 Å². The van der Waals surface area contributed by atoms with E-state index in [0.717, 1.165) is 6.42 Å². The average Bonchev–Trinajstić information content (AvgIpc) is 2.52. The molecule has 0 saturated carbocycles. The molecule has 2 N–H and O–H groups in total. The first kappa shape index (κ1) is 22.2. The van der Waals surface area contributed by atoms with Crippen LogP contribution in [0.25, 0.3) is 0 Å². The summed E-state index contributed by atoms with van der Waals surface area (Å²) < 4.78 is 0. The van der Waals surface area contributed by atoms with Gasteiger partial charge in [-0.15, -0.1) is 0 Å². The predicted octanol–water partition coefficient (Wildman–Crippen LogP) is 3.07. The van der Waals surface area contributed by atoms with Crippen molar-refractivity contribution in [2.24, 2.45) is 5.92 Å². The van der Waals surface area contributed by atoms with Crippen LogP contribution in [0.2, 0.25) is 0 Å². The van der Waals surface area contributed by atoms with Gasteiger partial charge in [0.15, 0.2) is 0 Å². The third-order valence-electron chi connectivity index (χ3n) is 4.63. The van der Waals surface area contributed by atoms with Crippen LogP contribution in [0.5, 0.6) is 0 Å². The lowest BCUT2D eigenvalue weighted by atomic mass is 9.86. The van der Waals surface area contributed by atoms with E-state index in [1.165, 1.54) is 18.1 Å². The van der Waals surface area contributed by atoms with Crippen LogP contribution < -0.4 is 5.32 Å². The van der Waals surface area contributed by atoms with Crippen molar-refractivity contribution in [3.05, 3.63) is 35.4 Å². The molecule has 0 aromatic heterocycles. The van der Waals surface area contributed by atoms with E-state index in [2.05, 4.69) is 57.3 Å². The van der Waals surface area contributed by atoms with Crippen LogP contribution in [0.1, 0.15) is 52.7 Å². The van der Waals surface area contributed by atoms with E-state index in [4.69, 9.17) is 0 Å². The van der Waals surface area contributed by atoms with E-state index in [1.807, 2.05) is 4.90 Å². The first-order valence-corrected chi connectivity index (χ1v) is 9.31. The van der Waals surface area contributed by atoms with E-state index >= 15 is 0 Å². The lowest BCUT2D eigenvalue weighted by Crippen LogP contribution is -2.45. The smallest absolute Gasteiger partial charge is 0.320 e. The molecule has 0 bridgehead atoms. The van der Waals surface area contributed by atoms with E-state index in [-0.39, 0.29) is 11.3 Å². The van der Waals surface area contributed by atoms with Gasteiger partial charge in [-0.25, -0.2) is 0 Å². The molecule has 0 aliphatic carbocycles. The van der Waals surface area contributed by atoms with Gasteiger partial charge in [-0.1, -0.05) is 52.0 Å². The van der Waals surface area contributed by atoms with E-state index in [9.17, 15) is 14.7 Å². The standard InChI is InChI=1S/C21H34N2O3/c1-15(13-18-7-9-19(10-8-18)21(4,5)6)14-23(16(2)20(25)26)12-11-22-17(3)24/h7-10,15-16H,11-14H2,1-6H3,(H,22,24)(H,25,26). The maximum atomic E-state index is 11.4. The molecule has 146 valence electrons. The highest BCUT2D eigenvalue weighted by Gasteiger charge is 2.22. The maximum absolute atomic E-state index is 11.4. The number of carbonyl (C=O) groups is 2. The van der Waals surface area contributed by atoms with Crippen LogP contribution >= 0.6 is 0 Å². The molecule has 26 heavy (non-hydrogen) atoms. The zero-order chi connectivity index (χ0) is 19.9. The normalized spacial score (nSPS) is 14.1. The summed E-state index contributed by atoms with van der Waals surface area (Å²) in [6, 6.07) is 8.11. The Morgan fingerprint density at radius 1 is 1.15 bits per heavy atom. The minimum absolute atomic E-state index is 0.0973. The van der Waals surface area contributed by atoms with Gasteiger partial charge in [0.25, 0.3) is 0 Å². The van der Waals surface area contributed by atoms with Crippen molar-refractivity contribution in [2.45, 2.75) is 59.4 Å². The number of benzene rings is 1. The fourth-order valence-electron chi connectivity index (χ4n) is 2.98. The monoisotopic (exact) mass is 362 g/mol. The number of rotatable bonds is 9. The molecule has 2 unspecified atom stereocenters. The minimum Gasteiger partial charge on any atom is -0.480 e. The van der Waals surface area contributed by atoms with Crippen LogP contribution in [-0.4, -0.2) is 47.6 Å². The van der Waals surface area contributed by atoms with Gasteiger partial charge < -0.3 is 10.4 Å². The molecular formula is C21H34N2O3. The summed E-state index contributed by atoms with van der Waals surface area (Å²) in [5, 5.41) is 12.1. The summed E-state index contributed by atoms with van der Waals surface area (Å²) in [4.78, 5) is 24.3. The third kappa shape index (κ3) is 7.56. The number of hydrogen-bond acceptors (Lipinski definition) is 3. The lowest BCUT2D eigenvalue weighted by molar-refractivity contribution is -0.142. The second kappa shape index (κ2) is 9.72. The zero-order valence-electron chi connectivity index (χ0n) is 17.0. The van der Waals surface area contributed by atoms with Crippen LogP contribution in [-0.2, 0) is 21.4 Å². The second-order valence-corrected chi connectivity index (χ2v) is 8.25. The molecule has 0 fully saturated rings. The van der Waals surface area contributed by atoms with Gasteiger partial charge in [-0.05, 0) is 35.8 Å². The van der Waals surface area contributed by atoms with Gasteiger partial charge >= 0.3 is 5.97 Å². The number of carbonyl (C=O) groups excluding carboxylic acids is 1. The van der Waals surface area contributed by atoms with Crippen molar-refractivity contribution in [1.29, 1.82) is 0 Å². The topological polar surface area (TPSA) is 69.6 Å². The fourth-order valence-corrected chi connectivity index (χ4v) is 2.98. The Labute approximate surface area is 157 Å². The molecule has 5 nitrogen and oxygen atoms in total. The fraction of sp³-hybridized carbons (Fsp3) is 0.619. The zero-order valence-corrected chi connectivity index (χ0v) is 17.0. The summed E-state index contributed by atoms with van der Waals surface area (Å²) in [5.41, 5.74) is 2.71. The van der Waals surface area contributed by atoms with Crippen LogP contribution in [0.4, 0.5) is 0 Å². The molecule has 2 atom stereocenters. The summed E-state index contributed by atoms with van der Waals surface area (Å²) in [5.74, 6) is -0.621. The largest absolute Gasteiger partial charge is 0.480 e. The van der Waals surface area contributed by atoms with E-state index in [1.54, 1.807) is 6.92 Å². The van der Waals surface area contributed by atoms with Crippen molar-refractivity contribution in [2.75, 3.05) is 19.6 Å². The number of nitrogens with one attached hydrogen (secondary N) is 1. The third-order valence-corrected chi connectivity index (χ3v) is 4.63. The predicted molar refractivity (Wildman–Crippen MR) is 105 cm³/mol. The Bertz CT molecular complexity index is 590. The molecule has 5 heteroatoms. The number of carboxylic acid groups (broad SMARTS) is 1. The van der Waals surface area contributed by atoms with Crippen molar-refractivity contribution >= 4 is 11.9 Å². The van der Waals surface area contributed by atoms with Crippen LogP contribution in [0.15, 0.2) is 24.3 Å². The van der Waals surface area contributed by atoms with E-state index < -0.39 is 12.0 Å². The SMILES string of the molecule is CC(=O)NCCN(CC(C)Cc1ccc(C(C)(C)C)cc1)C(C)C(=O)O. The number of hydrogen-bond donors (Lipinski definition) is 2. The molecule has 1 rings (SSSR count). The molecule has 0 radical (unpaired) electrons. The highest BCUT2D eigenvalue weighted by atomic mass is 16.4. The molecule has 0 spiro atoms. The van der Waals surface area contributed by atoms with Gasteiger partial charge in [0.2, 0.25) is 5.91 Å². The van der Waals surface area contributed by atoms with Crippen molar-refractivity contribution in [3.63, 3.8) is 0 Å². The maximum Gasteiger partial charge on any atom is 0.320 e. The highest BCUT2D eigenvalue weighted by molar-refractivity contribution is 5.73. The van der Waals surface area contributed by atoms with Gasteiger partial charge in [-0.3, -0.25) is 14.5 Å². The van der Waals surface area contributed by atoms with Crippen molar-refractivity contribution in [3.8, 4) is 0 Å². The summed E-state index contributed by atoms with van der Waals surface area (Å²) in [7, 11) is 0. The number of amides is 1. The molecule has 0 saturated heterocycles. The molecule has 0 heterocycles. The number of carboxylic acids is 1.